The number of aryl methyl sites for hydroxylation is 1. The summed E-state index contributed by atoms with van der Waals surface area (Å²) < 4.78 is 0. The molecule has 6 heteroatoms. The van der Waals surface area contributed by atoms with Gasteiger partial charge in [-0.05, 0) is 38.7 Å². The summed E-state index contributed by atoms with van der Waals surface area (Å²) in [5.41, 5.74) is 2.96. The Hall–Kier alpha value is -2.37. The SMILES string of the molecule is Cc1[nH]ccc1C(=O)N1CCCC2(CCc3c2nc(C(C)(C)C)[nH]c3=O)C1. The lowest BCUT2D eigenvalue weighted by molar-refractivity contribution is 0.0632. The number of hydrogen-bond acceptors (Lipinski definition) is 3. The number of aromatic amines is 2. The topological polar surface area (TPSA) is 81.8 Å². The zero-order chi connectivity index (χ0) is 19.4. The van der Waals surface area contributed by atoms with Crippen molar-refractivity contribution in [3.8, 4) is 0 Å². The lowest BCUT2D eigenvalue weighted by Crippen LogP contribution is -2.48. The lowest BCUT2D eigenvalue weighted by Gasteiger charge is -2.40. The Kier molecular flexibility index (Phi) is 4.05. The molecule has 0 aromatic carbocycles. The van der Waals surface area contributed by atoms with Crippen molar-refractivity contribution in [2.24, 2.45) is 0 Å². The third-order valence-corrected chi connectivity index (χ3v) is 6.13. The molecule has 1 amide bonds. The average molecular weight is 368 g/mol. The zero-order valence-corrected chi connectivity index (χ0v) is 16.6. The molecule has 2 aliphatic rings. The molecule has 27 heavy (non-hydrogen) atoms. The van der Waals surface area contributed by atoms with Gasteiger partial charge in [-0.1, -0.05) is 20.8 Å². The number of amides is 1. The smallest absolute Gasteiger partial charge is 0.255 e. The van der Waals surface area contributed by atoms with E-state index in [4.69, 9.17) is 4.98 Å². The lowest BCUT2D eigenvalue weighted by atomic mass is 9.77. The van der Waals surface area contributed by atoms with Gasteiger partial charge in [-0.25, -0.2) is 4.98 Å². The monoisotopic (exact) mass is 368 g/mol. The number of nitrogens with one attached hydrogen (secondary N) is 2. The molecule has 1 atom stereocenters. The molecule has 4 rings (SSSR count). The predicted molar refractivity (Wildman–Crippen MR) is 104 cm³/mol. The number of nitrogens with zero attached hydrogens (tertiary/aromatic N) is 2. The van der Waals surface area contributed by atoms with Crippen LogP contribution in [0.5, 0.6) is 0 Å². The van der Waals surface area contributed by atoms with Gasteiger partial charge in [0.05, 0.1) is 11.3 Å². The molecule has 1 fully saturated rings. The number of H-pyrrole nitrogens is 2. The summed E-state index contributed by atoms with van der Waals surface area (Å²) in [6, 6.07) is 1.85. The van der Waals surface area contributed by atoms with Crippen molar-refractivity contribution in [2.75, 3.05) is 13.1 Å². The second kappa shape index (κ2) is 6.08. The summed E-state index contributed by atoms with van der Waals surface area (Å²) in [5, 5.41) is 0. The Balaban J connectivity index is 1.72. The van der Waals surface area contributed by atoms with Crippen molar-refractivity contribution in [3.63, 3.8) is 0 Å². The van der Waals surface area contributed by atoms with Gasteiger partial charge in [0.2, 0.25) is 0 Å². The van der Waals surface area contributed by atoms with Crippen LogP contribution >= 0.6 is 0 Å². The minimum atomic E-state index is -0.218. The highest BCUT2D eigenvalue weighted by atomic mass is 16.2. The summed E-state index contributed by atoms with van der Waals surface area (Å²) in [6.07, 6.45) is 5.36. The molecule has 2 aromatic rings. The first-order chi connectivity index (χ1) is 12.7. The third kappa shape index (κ3) is 2.91. The molecule has 2 N–H and O–H groups in total. The van der Waals surface area contributed by atoms with Gasteiger partial charge in [-0.3, -0.25) is 9.59 Å². The molecule has 0 radical (unpaired) electrons. The van der Waals surface area contributed by atoms with E-state index in [0.29, 0.717) is 6.54 Å². The van der Waals surface area contributed by atoms with Crippen LogP contribution in [0.25, 0.3) is 0 Å². The van der Waals surface area contributed by atoms with Gasteiger partial charge in [0, 0.05) is 41.4 Å². The van der Waals surface area contributed by atoms with Crippen molar-refractivity contribution in [1.82, 2.24) is 19.9 Å². The fraction of sp³-hybridized carbons (Fsp3) is 0.571. The Morgan fingerprint density at radius 1 is 1.30 bits per heavy atom. The van der Waals surface area contributed by atoms with E-state index < -0.39 is 0 Å². The van der Waals surface area contributed by atoms with E-state index in [1.54, 1.807) is 0 Å². The van der Waals surface area contributed by atoms with Crippen LogP contribution in [0, 0.1) is 6.92 Å². The van der Waals surface area contributed by atoms with Crippen molar-refractivity contribution in [3.05, 3.63) is 51.0 Å². The van der Waals surface area contributed by atoms with Crippen molar-refractivity contribution >= 4 is 5.91 Å². The van der Waals surface area contributed by atoms with E-state index in [9.17, 15) is 9.59 Å². The van der Waals surface area contributed by atoms with Crippen LogP contribution in [0.15, 0.2) is 17.1 Å². The zero-order valence-electron chi connectivity index (χ0n) is 16.6. The van der Waals surface area contributed by atoms with Gasteiger partial charge in [-0.15, -0.1) is 0 Å². The van der Waals surface area contributed by atoms with Gasteiger partial charge < -0.3 is 14.9 Å². The maximum Gasteiger partial charge on any atom is 0.255 e. The van der Waals surface area contributed by atoms with Gasteiger partial charge >= 0.3 is 0 Å². The molecule has 144 valence electrons. The highest BCUT2D eigenvalue weighted by Crippen LogP contribution is 2.43. The molecule has 1 aliphatic carbocycles. The average Bonchev–Trinajstić information content (AvgIpc) is 3.18. The van der Waals surface area contributed by atoms with Gasteiger partial charge in [-0.2, -0.15) is 0 Å². The Morgan fingerprint density at radius 3 is 2.74 bits per heavy atom. The van der Waals surface area contributed by atoms with Crippen LogP contribution in [-0.2, 0) is 17.3 Å². The molecular formula is C21H28N4O2. The minimum Gasteiger partial charge on any atom is -0.365 e. The van der Waals surface area contributed by atoms with Crippen LogP contribution in [0.2, 0.25) is 0 Å². The number of carbonyl (C=O) groups excluding carboxylic acids is 1. The summed E-state index contributed by atoms with van der Waals surface area (Å²) in [4.78, 5) is 38.7. The highest BCUT2D eigenvalue weighted by Gasteiger charge is 2.46. The molecule has 1 aliphatic heterocycles. The Bertz CT molecular complexity index is 950. The molecular weight excluding hydrogens is 340 g/mol. The second-order valence-corrected chi connectivity index (χ2v) is 9.12. The number of rotatable bonds is 1. The van der Waals surface area contributed by atoms with E-state index in [2.05, 4.69) is 30.7 Å². The van der Waals surface area contributed by atoms with Crippen LogP contribution in [-0.4, -0.2) is 38.8 Å². The van der Waals surface area contributed by atoms with E-state index in [1.165, 1.54) is 0 Å². The summed E-state index contributed by atoms with van der Waals surface area (Å²) >= 11 is 0. The van der Waals surface area contributed by atoms with E-state index in [0.717, 1.165) is 60.6 Å². The molecule has 0 saturated carbocycles. The number of piperidine rings is 1. The number of fused-ring (bicyclic) bond motifs is 2. The molecule has 6 nitrogen and oxygen atoms in total. The minimum absolute atomic E-state index is 0.00766. The van der Waals surface area contributed by atoms with Crippen LogP contribution in [0.3, 0.4) is 0 Å². The second-order valence-electron chi connectivity index (χ2n) is 9.12. The van der Waals surface area contributed by atoms with E-state index in [-0.39, 0.29) is 22.3 Å². The normalized spacial score (nSPS) is 22.3. The predicted octanol–water partition coefficient (Wildman–Crippen LogP) is 2.82. The molecule has 1 spiro atoms. The first-order valence-corrected chi connectivity index (χ1v) is 9.79. The van der Waals surface area contributed by atoms with Crippen LogP contribution in [0.1, 0.15) is 73.2 Å². The van der Waals surface area contributed by atoms with E-state index >= 15 is 0 Å². The fourth-order valence-electron chi connectivity index (χ4n) is 4.56. The number of aromatic nitrogens is 3. The van der Waals surface area contributed by atoms with Gasteiger partial charge in [0.25, 0.3) is 11.5 Å². The standard InChI is InChI=1S/C21H28N4O2/c1-13-14(7-10-22-13)18(27)25-11-5-8-21(12-25)9-6-15-16(21)23-19(20(2,3)4)24-17(15)26/h7,10,22H,5-6,8-9,11-12H2,1-4H3,(H,23,24,26). The van der Waals surface area contributed by atoms with Crippen molar-refractivity contribution in [1.29, 1.82) is 0 Å². The van der Waals surface area contributed by atoms with E-state index in [1.807, 2.05) is 24.1 Å². The first kappa shape index (κ1) is 18.0. The maximum absolute atomic E-state index is 13.0. The Labute approximate surface area is 159 Å². The summed E-state index contributed by atoms with van der Waals surface area (Å²) in [5.74, 6) is 0.805. The molecule has 3 heterocycles. The Morgan fingerprint density at radius 2 is 2.07 bits per heavy atom. The number of hydrogen-bond donors (Lipinski definition) is 2. The maximum atomic E-state index is 13.0. The van der Waals surface area contributed by atoms with Crippen LogP contribution < -0.4 is 5.56 Å². The third-order valence-electron chi connectivity index (χ3n) is 6.13. The number of likely N-dealkylation sites (tertiary alicyclic amines) is 1. The first-order valence-electron chi connectivity index (χ1n) is 9.79. The summed E-state index contributed by atoms with van der Waals surface area (Å²) in [7, 11) is 0. The van der Waals surface area contributed by atoms with Gasteiger partial charge in [0.1, 0.15) is 5.82 Å². The quantitative estimate of drug-likeness (QED) is 0.812. The molecule has 2 aromatic heterocycles. The highest BCUT2D eigenvalue weighted by molar-refractivity contribution is 5.95. The molecule has 1 unspecified atom stereocenters. The molecule has 0 bridgehead atoms. The summed E-state index contributed by atoms with van der Waals surface area (Å²) in [6.45, 7) is 9.51. The largest absolute Gasteiger partial charge is 0.365 e. The van der Waals surface area contributed by atoms with Gasteiger partial charge in [0.15, 0.2) is 0 Å². The molecule has 1 saturated heterocycles. The van der Waals surface area contributed by atoms with Crippen molar-refractivity contribution < 1.29 is 4.79 Å². The fourth-order valence-corrected chi connectivity index (χ4v) is 4.56. The van der Waals surface area contributed by atoms with Crippen molar-refractivity contribution in [2.45, 2.75) is 64.2 Å². The number of carbonyl (C=O) groups is 1. The van der Waals surface area contributed by atoms with Crippen LogP contribution in [0.4, 0.5) is 0 Å².